The second-order valence-electron chi connectivity index (χ2n) is 35.6. The van der Waals surface area contributed by atoms with Crippen LogP contribution in [0.5, 0.6) is 0 Å². The predicted octanol–water partition coefficient (Wildman–Crippen LogP) is 4.05. The number of unbranched alkanes of at least 4 members (excludes halogenated alkanes) is 2. The minimum Gasteiger partial charge on any atom is -0.370 e. The van der Waals surface area contributed by atoms with E-state index in [1.54, 1.807) is 48.8 Å². The predicted molar refractivity (Wildman–Crippen MR) is 494 cm³/mol. The van der Waals surface area contributed by atoms with Gasteiger partial charge in [-0.1, -0.05) is 127 Å². The van der Waals surface area contributed by atoms with Crippen LogP contribution in [0.25, 0.3) is 21.8 Å². The van der Waals surface area contributed by atoms with Crippen LogP contribution in [0, 0.1) is 29.6 Å². The lowest BCUT2D eigenvalue weighted by Gasteiger charge is -2.36. The topological polar surface area (TPSA) is 520 Å². The van der Waals surface area contributed by atoms with Gasteiger partial charge in [0, 0.05) is 168 Å². The van der Waals surface area contributed by atoms with E-state index in [1.807, 2.05) is 70.2 Å². The van der Waals surface area contributed by atoms with E-state index in [2.05, 4.69) is 57.2 Å². The molecule has 14 amide bonds. The van der Waals surface area contributed by atoms with Crippen LogP contribution < -0.4 is 48.7 Å². The molecular formula is C95H130N18O18S. The molecule has 9 rings (SSSR count). The molecule has 0 radical (unpaired) electrons. The Hall–Kier alpha value is -12.4. The third kappa shape index (κ3) is 29.5. The molecule has 3 aromatic carbocycles. The molecule has 0 saturated carbocycles. The number of carbonyl (C=O) groups excluding carboxylic acids is 18. The average Bonchev–Trinajstić information content (AvgIpc) is 1.52. The first-order valence-corrected chi connectivity index (χ1v) is 47.0. The molecule has 2 bridgehead atoms. The van der Waals surface area contributed by atoms with Gasteiger partial charge in [-0.15, -0.1) is 11.8 Å². The molecule has 36 nitrogen and oxygen atoms in total. The van der Waals surface area contributed by atoms with Crippen LogP contribution in [0.2, 0.25) is 0 Å². The number of imidazole rings is 1. The van der Waals surface area contributed by atoms with Gasteiger partial charge in [0.25, 0.3) is 0 Å². The lowest BCUT2D eigenvalue weighted by molar-refractivity contribution is -0.149. The number of H-pyrrole nitrogens is 3. The van der Waals surface area contributed by atoms with Gasteiger partial charge in [0.1, 0.15) is 42.0 Å². The number of amides is 14. The number of ketones is 4. The molecule has 3 saturated heterocycles. The SMILES string of the molecule is CCCC[C@H]1C(=O)N(C)[C@@H](CCCC)C(=O)C[C@H]2CCC(=O)NCCCC[C@H](CC(=O)[C@H](Cc3c[nH]c4ccccc34)NC(=O)CN(C)C(=O)[C@H](CC(C)C)CC(=O)[C@H](Cc3cnc[nH]3)CC(=O)[C@@H]3CCCN3C(=O)[C@H](CC(N)=O)NC(=O)[C@H](C)N(C)C(=O)[C@H](Cc3ccccc3)NC(=O)CSC[C@@H](C(=O)NCC(N)=O)NC2=O)C(=O)N[C@@H](Cc2c[nH]c3ccccc23)C(=O)N1C. The number of Topliss-reactive ketones (excluding diaryl/α,β-unsaturated/α-hetero) is 4. The molecule has 3 aromatic heterocycles. The maximum atomic E-state index is 15.9. The van der Waals surface area contributed by atoms with Crippen molar-refractivity contribution in [1.29, 1.82) is 0 Å². The first-order valence-electron chi connectivity index (χ1n) is 45.8. The Morgan fingerprint density at radius 1 is 0.538 bits per heavy atom. The van der Waals surface area contributed by atoms with Gasteiger partial charge in [0.05, 0.1) is 49.7 Å². The summed E-state index contributed by atoms with van der Waals surface area (Å²) in [7, 11) is 5.54. The first kappa shape index (κ1) is 103. The van der Waals surface area contributed by atoms with Gasteiger partial charge in [-0.3, -0.25) is 86.3 Å². The Morgan fingerprint density at radius 3 is 1.76 bits per heavy atom. The summed E-state index contributed by atoms with van der Waals surface area (Å²) >= 11 is 0.817. The molecule has 0 spiro atoms. The molecule has 0 unspecified atom stereocenters. The molecule has 3 fully saturated rings. The van der Waals surface area contributed by atoms with Gasteiger partial charge >= 0.3 is 0 Å². The van der Waals surface area contributed by atoms with E-state index < -0.39 is 241 Å². The molecule has 6 aromatic rings. The Bertz CT molecular complexity index is 5080. The molecule has 37 heteroatoms. The maximum Gasteiger partial charge on any atom is 0.246 e. The van der Waals surface area contributed by atoms with Gasteiger partial charge < -0.3 is 88.1 Å². The lowest BCUT2D eigenvalue weighted by Crippen LogP contribution is -2.58. The molecule has 714 valence electrons. The van der Waals surface area contributed by atoms with Crippen LogP contribution in [-0.2, 0) is 112 Å². The van der Waals surface area contributed by atoms with E-state index >= 15 is 38.4 Å². The summed E-state index contributed by atoms with van der Waals surface area (Å²) in [5.41, 5.74) is 14.9. The monoisotopic (exact) mass is 1840 g/mol. The van der Waals surface area contributed by atoms with Crippen LogP contribution in [-0.4, -0.2) is 271 Å². The van der Waals surface area contributed by atoms with Crippen LogP contribution in [0.3, 0.4) is 0 Å². The number of fused-ring (bicyclic) bond motifs is 12. The number of primary amides is 2. The molecule has 6 heterocycles. The number of thioether (sulfide) groups is 1. The fourth-order valence-corrected chi connectivity index (χ4v) is 18.5. The Kier molecular flexibility index (Phi) is 39.3. The van der Waals surface area contributed by atoms with Gasteiger partial charge in [-0.25, -0.2) is 4.98 Å². The van der Waals surface area contributed by atoms with Crippen molar-refractivity contribution in [3.63, 3.8) is 0 Å². The highest BCUT2D eigenvalue weighted by molar-refractivity contribution is 8.00. The third-order valence-corrected chi connectivity index (χ3v) is 26.2. The third-order valence-electron chi connectivity index (χ3n) is 25.1. The van der Waals surface area contributed by atoms with Crippen molar-refractivity contribution >= 4 is 139 Å². The minimum atomic E-state index is -1.69. The first-order chi connectivity index (χ1) is 63.0. The smallest absolute Gasteiger partial charge is 0.246 e. The number of benzene rings is 3. The van der Waals surface area contributed by atoms with Crippen LogP contribution >= 0.6 is 11.8 Å². The van der Waals surface area contributed by atoms with E-state index in [9.17, 15) is 47.9 Å². The highest BCUT2D eigenvalue weighted by Crippen LogP contribution is 2.31. The zero-order valence-electron chi connectivity index (χ0n) is 77.0. The number of nitrogens with one attached hydrogen (secondary N) is 10. The van der Waals surface area contributed by atoms with Crippen molar-refractivity contribution in [2.45, 2.75) is 237 Å². The quantitative estimate of drug-likeness (QED) is 0.0483. The number of nitrogens with zero attached hydrogens (tertiary/aromatic N) is 6. The van der Waals surface area contributed by atoms with Gasteiger partial charge in [0.2, 0.25) is 82.7 Å². The van der Waals surface area contributed by atoms with Crippen molar-refractivity contribution in [3.8, 4) is 0 Å². The number of aromatic amines is 3. The highest BCUT2D eigenvalue weighted by Gasteiger charge is 2.44. The van der Waals surface area contributed by atoms with Crippen LogP contribution in [0.15, 0.2) is 104 Å². The standard InChI is InChI=1S/C95H130N18O18S/c1-10-12-31-75-80(116)44-60-34-35-84(120)99-36-22-21-26-59(88(124)107-72(42-64-49-101-69-30-20-18-28-67(64)69)93(129)112(9)77(32-13-11-2)95(131)111(75)8)43-79(115)70(41-63-48-100-68-29-19-17-27-66(63)68)104-85(121)52-109(6)91(127)62(38-56(3)4)46-78(114)61(40-65-50-98-55-103-65)45-81(117)76-33-23-37-113(76)94(130)73(47-82(96)118)106-87(123)57(5)110(7)92(128)71(39-58-24-15-14-16-25-58)105-86(122)54-132-53-74(108-89(60)125)90(126)102-51-83(97)119/h14-20,24-25,27-30,48-50,55-57,59-62,70-77,100-101H,10-13,21-23,26,31-47,51-54H2,1-9H3,(H2,96,118)(H2,97,119)(H,98,103)(H,99,120)(H,102,126)(H,104,121)(H,105,122)(H,106,123)(H,107,124)(H,108,125)/t57-,59+,60+,61+,62+,70-,71-,72-,73-,74-,75-,76-,77-/m0/s1. The number of para-hydroxylation sites is 2. The van der Waals surface area contributed by atoms with E-state index in [-0.39, 0.29) is 109 Å². The van der Waals surface area contributed by atoms with Gasteiger partial charge in [0.15, 0.2) is 17.3 Å². The fourth-order valence-electron chi connectivity index (χ4n) is 17.6. The summed E-state index contributed by atoms with van der Waals surface area (Å²) in [6.07, 6.45) is 5.29. The lowest BCUT2D eigenvalue weighted by atomic mass is 9.83. The number of rotatable bonds is 21. The average molecular weight is 1840 g/mol. The number of carbonyl (C=O) groups is 18. The number of aromatic nitrogens is 4. The zero-order chi connectivity index (χ0) is 96.0. The molecule has 14 N–H and O–H groups in total. The van der Waals surface area contributed by atoms with Crippen LogP contribution in [0.4, 0.5) is 0 Å². The molecule has 3 aliphatic heterocycles. The van der Waals surface area contributed by atoms with Crippen molar-refractivity contribution in [2.24, 2.45) is 41.1 Å². The zero-order valence-corrected chi connectivity index (χ0v) is 77.8. The van der Waals surface area contributed by atoms with E-state index in [0.29, 0.717) is 59.0 Å². The second kappa shape index (κ2) is 50.3. The molecule has 132 heavy (non-hydrogen) atoms. The molecule has 3 aliphatic rings. The van der Waals surface area contributed by atoms with Crippen LogP contribution in [0.1, 0.15) is 179 Å². The van der Waals surface area contributed by atoms with E-state index in [0.717, 1.165) is 32.5 Å². The molecule has 0 aliphatic carbocycles. The summed E-state index contributed by atoms with van der Waals surface area (Å²) in [4.78, 5) is 286. The van der Waals surface area contributed by atoms with Crippen molar-refractivity contribution in [2.75, 3.05) is 65.9 Å². The summed E-state index contributed by atoms with van der Waals surface area (Å²) in [6.45, 7) is 7.45. The normalized spacial score (nSPS) is 24.6. The van der Waals surface area contributed by atoms with Crippen molar-refractivity contribution < 1.29 is 86.3 Å². The van der Waals surface area contributed by atoms with E-state index in [1.165, 1.54) is 62.3 Å². The summed E-state index contributed by atoms with van der Waals surface area (Å²) in [5.74, 6) is -19.5. The molecule has 13 atom stereocenters. The largest absolute Gasteiger partial charge is 0.370 e. The summed E-state index contributed by atoms with van der Waals surface area (Å²) in [6, 6.07) is 10.5. The number of hydrogen-bond donors (Lipinski definition) is 12. The minimum absolute atomic E-state index is 0.0127. The summed E-state index contributed by atoms with van der Waals surface area (Å²) in [5, 5.41) is 20.6. The number of nitrogens with two attached hydrogens (primary N) is 2. The van der Waals surface area contributed by atoms with Gasteiger partial charge in [-0.05, 0) is 99.5 Å². The number of hydrogen-bond acceptors (Lipinski definition) is 20. The summed E-state index contributed by atoms with van der Waals surface area (Å²) < 4.78 is 0. The Labute approximate surface area is 773 Å². The van der Waals surface area contributed by atoms with Crippen molar-refractivity contribution in [1.82, 2.24) is 81.7 Å². The fraction of sp³-hybridized carbons (Fsp3) is 0.547. The van der Waals surface area contributed by atoms with E-state index in [4.69, 9.17) is 11.5 Å². The van der Waals surface area contributed by atoms with Crippen molar-refractivity contribution in [3.05, 3.63) is 126 Å². The van der Waals surface area contributed by atoms with Gasteiger partial charge in [-0.2, -0.15) is 0 Å². The Morgan fingerprint density at radius 2 is 1.12 bits per heavy atom. The Balaban J connectivity index is 1.13. The number of likely N-dealkylation sites (N-methyl/N-ethyl adjacent to an activating group) is 4. The highest BCUT2D eigenvalue weighted by atomic mass is 32.2. The second-order valence-corrected chi connectivity index (χ2v) is 36.6. The maximum absolute atomic E-state index is 15.9. The molecular weight excluding hydrogens is 1710 g/mol.